The Labute approximate surface area is 98.1 Å². The fraction of sp³-hybridized carbons (Fsp3) is 0.400. The van der Waals surface area contributed by atoms with Crippen molar-refractivity contribution in [3.63, 3.8) is 0 Å². The minimum Gasteiger partial charge on any atom is -0.481 e. The molecule has 2 heterocycles. The van der Waals surface area contributed by atoms with Gasteiger partial charge in [-0.25, -0.2) is 0 Å². The minimum atomic E-state index is -0.134. The normalized spacial score (nSPS) is 14.9. The van der Waals surface area contributed by atoms with Crippen LogP contribution in [0.15, 0.2) is 11.2 Å². The standard InChI is InChI=1S/C10H12N4O3/c1-6-4-9(15)14(13-6)7-5-8(16-2)12-10(11-7)17-3/h5H,4H2,1-3H3. The molecule has 1 aliphatic rings. The summed E-state index contributed by atoms with van der Waals surface area (Å²) in [6.07, 6.45) is 0.300. The maximum absolute atomic E-state index is 11.7. The zero-order valence-electron chi connectivity index (χ0n) is 9.80. The third-order valence-corrected chi connectivity index (χ3v) is 2.19. The SMILES string of the molecule is COc1cc(N2N=C(C)CC2=O)nc(OC)n1. The molecule has 0 saturated heterocycles. The second-order valence-corrected chi connectivity index (χ2v) is 3.47. The topological polar surface area (TPSA) is 76.9 Å². The van der Waals surface area contributed by atoms with Gasteiger partial charge in [0.15, 0.2) is 5.82 Å². The molecular weight excluding hydrogens is 224 g/mol. The first-order valence-corrected chi connectivity index (χ1v) is 4.98. The zero-order chi connectivity index (χ0) is 12.4. The molecule has 0 N–H and O–H groups in total. The molecule has 1 aliphatic heterocycles. The van der Waals surface area contributed by atoms with E-state index in [1.54, 1.807) is 6.92 Å². The lowest BCUT2D eigenvalue weighted by molar-refractivity contribution is -0.116. The molecule has 0 aromatic carbocycles. The highest BCUT2D eigenvalue weighted by atomic mass is 16.5. The summed E-state index contributed by atoms with van der Waals surface area (Å²) >= 11 is 0. The van der Waals surface area contributed by atoms with E-state index < -0.39 is 0 Å². The maximum Gasteiger partial charge on any atom is 0.321 e. The van der Waals surface area contributed by atoms with Gasteiger partial charge >= 0.3 is 6.01 Å². The zero-order valence-corrected chi connectivity index (χ0v) is 9.80. The summed E-state index contributed by atoms with van der Waals surface area (Å²) in [7, 11) is 2.92. The van der Waals surface area contributed by atoms with Crippen molar-refractivity contribution >= 4 is 17.4 Å². The van der Waals surface area contributed by atoms with E-state index in [1.807, 2.05) is 0 Å². The molecule has 0 radical (unpaired) electrons. The first kappa shape index (κ1) is 11.3. The highest BCUT2D eigenvalue weighted by Crippen LogP contribution is 2.23. The molecule has 0 unspecified atom stereocenters. The molecule has 1 aromatic heterocycles. The van der Waals surface area contributed by atoms with Crippen LogP contribution in [0.2, 0.25) is 0 Å². The summed E-state index contributed by atoms with van der Waals surface area (Å²) in [6, 6.07) is 1.66. The summed E-state index contributed by atoms with van der Waals surface area (Å²) in [5.41, 5.74) is 0.742. The number of carbonyl (C=O) groups is 1. The molecule has 0 fully saturated rings. The van der Waals surface area contributed by atoms with Gasteiger partial charge in [0.1, 0.15) is 0 Å². The molecule has 90 valence electrons. The molecule has 7 heteroatoms. The van der Waals surface area contributed by atoms with Crippen molar-refractivity contribution in [2.45, 2.75) is 13.3 Å². The molecule has 2 rings (SSSR count). The van der Waals surface area contributed by atoms with Gasteiger partial charge in [-0.2, -0.15) is 20.1 Å². The van der Waals surface area contributed by atoms with E-state index in [-0.39, 0.29) is 11.9 Å². The number of aromatic nitrogens is 2. The Morgan fingerprint density at radius 3 is 2.59 bits per heavy atom. The molecule has 0 bridgehead atoms. The minimum absolute atomic E-state index is 0.131. The van der Waals surface area contributed by atoms with E-state index in [0.29, 0.717) is 18.1 Å². The van der Waals surface area contributed by atoms with Gasteiger partial charge in [0.25, 0.3) is 5.91 Å². The van der Waals surface area contributed by atoms with Crippen LogP contribution in [0.25, 0.3) is 0 Å². The van der Waals surface area contributed by atoms with Crippen LogP contribution < -0.4 is 14.5 Å². The van der Waals surface area contributed by atoms with Crippen LogP contribution in [0.1, 0.15) is 13.3 Å². The Bertz CT molecular complexity index is 464. The van der Waals surface area contributed by atoms with E-state index in [2.05, 4.69) is 15.1 Å². The average Bonchev–Trinajstić information content (AvgIpc) is 2.67. The van der Waals surface area contributed by atoms with Crippen LogP contribution >= 0.6 is 0 Å². The van der Waals surface area contributed by atoms with Crippen molar-refractivity contribution in [1.82, 2.24) is 9.97 Å². The van der Waals surface area contributed by atoms with Crippen molar-refractivity contribution in [2.75, 3.05) is 19.2 Å². The number of amides is 1. The second kappa shape index (κ2) is 4.36. The van der Waals surface area contributed by atoms with Gasteiger partial charge in [-0.1, -0.05) is 0 Å². The van der Waals surface area contributed by atoms with E-state index in [9.17, 15) is 4.79 Å². The van der Waals surface area contributed by atoms with Crippen LogP contribution in [0.3, 0.4) is 0 Å². The number of rotatable bonds is 3. The van der Waals surface area contributed by atoms with E-state index in [4.69, 9.17) is 9.47 Å². The van der Waals surface area contributed by atoms with Gasteiger partial charge < -0.3 is 9.47 Å². The Morgan fingerprint density at radius 1 is 1.29 bits per heavy atom. The van der Waals surface area contributed by atoms with Gasteiger partial charge in [-0.3, -0.25) is 4.79 Å². The van der Waals surface area contributed by atoms with Gasteiger partial charge in [0.2, 0.25) is 5.88 Å². The summed E-state index contributed by atoms with van der Waals surface area (Å²) in [4.78, 5) is 19.6. The van der Waals surface area contributed by atoms with Gasteiger partial charge in [-0.15, -0.1) is 0 Å². The molecule has 0 saturated carbocycles. The lowest BCUT2D eigenvalue weighted by Gasteiger charge is -2.12. The third kappa shape index (κ3) is 2.17. The predicted molar refractivity (Wildman–Crippen MR) is 60.3 cm³/mol. The Kier molecular flexibility index (Phi) is 2.90. The lowest BCUT2D eigenvalue weighted by Crippen LogP contribution is -2.21. The van der Waals surface area contributed by atoms with Crippen molar-refractivity contribution in [1.29, 1.82) is 0 Å². The van der Waals surface area contributed by atoms with Crippen LogP contribution in [-0.4, -0.2) is 35.8 Å². The Hall–Kier alpha value is -2.18. The van der Waals surface area contributed by atoms with Crippen LogP contribution in [-0.2, 0) is 4.79 Å². The molecule has 1 amide bonds. The number of hydrazone groups is 1. The van der Waals surface area contributed by atoms with E-state index >= 15 is 0 Å². The number of anilines is 1. The summed E-state index contributed by atoms with van der Waals surface area (Å²) in [5, 5.41) is 5.31. The smallest absolute Gasteiger partial charge is 0.321 e. The number of carbonyl (C=O) groups excluding carboxylic acids is 1. The van der Waals surface area contributed by atoms with Crippen LogP contribution in [0.5, 0.6) is 11.9 Å². The first-order valence-electron chi connectivity index (χ1n) is 4.98. The van der Waals surface area contributed by atoms with Gasteiger partial charge in [0, 0.05) is 11.8 Å². The van der Waals surface area contributed by atoms with Crippen LogP contribution in [0.4, 0.5) is 5.82 Å². The third-order valence-electron chi connectivity index (χ3n) is 2.19. The predicted octanol–water partition coefficient (Wildman–Crippen LogP) is 0.606. The molecule has 0 atom stereocenters. The molecule has 1 aromatic rings. The number of hydrogen-bond acceptors (Lipinski definition) is 6. The van der Waals surface area contributed by atoms with Crippen molar-refractivity contribution < 1.29 is 14.3 Å². The molecular formula is C10H12N4O3. The molecule has 0 spiro atoms. The summed E-state index contributed by atoms with van der Waals surface area (Å²) in [5.74, 6) is 0.528. The average molecular weight is 236 g/mol. The fourth-order valence-electron chi connectivity index (χ4n) is 1.43. The first-order chi connectivity index (χ1) is 8.13. The molecule has 17 heavy (non-hydrogen) atoms. The summed E-state index contributed by atoms with van der Waals surface area (Å²) < 4.78 is 9.93. The molecule has 0 aliphatic carbocycles. The number of nitrogens with zero attached hydrogens (tertiary/aromatic N) is 4. The highest BCUT2D eigenvalue weighted by Gasteiger charge is 2.25. The fourth-order valence-corrected chi connectivity index (χ4v) is 1.43. The lowest BCUT2D eigenvalue weighted by atomic mass is 10.3. The maximum atomic E-state index is 11.7. The van der Waals surface area contributed by atoms with Crippen molar-refractivity contribution in [3.05, 3.63) is 6.07 Å². The van der Waals surface area contributed by atoms with Crippen LogP contribution in [0, 0.1) is 0 Å². The Morgan fingerprint density at radius 2 is 2.06 bits per heavy atom. The summed E-state index contributed by atoms with van der Waals surface area (Å²) in [6.45, 7) is 1.79. The van der Waals surface area contributed by atoms with E-state index in [1.165, 1.54) is 25.3 Å². The van der Waals surface area contributed by atoms with Gasteiger partial charge in [0.05, 0.1) is 20.6 Å². The quantitative estimate of drug-likeness (QED) is 0.768. The number of hydrogen-bond donors (Lipinski definition) is 0. The highest BCUT2D eigenvalue weighted by molar-refractivity contribution is 6.11. The van der Waals surface area contributed by atoms with Crippen molar-refractivity contribution in [2.24, 2.45) is 5.10 Å². The van der Waals surface area contributed by atoms with E-state index in [0.717, 1.165) is 5.71 Å². The number of ether oxygens (including phenoxy) is 2. The monoisotopic (exact) mass is 236 g/mol. The number of methoxy groups -OCH3 is 2. The molecule has 7 nitrogen and oxygen atoms in total. The second-order valence-electron chi connectivity index (χ2n) is 3.47. The largest absolute Gasteiger partial charge is 0.481 e. The Balaban J connectivity index is 2.41. The van der Waals surface area contributed by atoms with Crippen molar-refractivity contribution in [3.8, 4) is 11.9 Å². The van der Waals surface area contributed by atoms with Gasteiger partial charge in [-0.05, 0) is 6.92 Å².